The van der Waals surface area contributed by atoms with Crippen LogP contribution in [0, 0.1) is 0 Å². The molecule has 0 atom stereocenters. The molecular weight excluding hydrogens is 355 g/mol. The van der Waals surface area contributed by atoms with Crippen molar-refractivity contribution >= 4 is 11.6 Å². The van der Waals surface area contributed by atoms with Crippen LogP contribution in [0.4, 0.5) is 24.8 Å². The van der Waals surface area contributed by atoms with Gasteiger partial charge in [0, 0.05) is 18.4 Å². The Morgan fingerprint density at radius 3 is 2.44 bits per heavy atom. The molecule has 0 radical (unpaired) electrons. The average molecular weight is 381 g/mol. The molecule has 1 aromatic heterocycles. The van der Waals surface area contributed by atoms with Gasteiger partial charge >= 0.3 is 6.18 Å². The van der Waals surface area contributed by atoms with Gasteiger partial charge < -0.3 is 9.64 Å². The van der Waals surface area contributed by atoms with Gasteiger partial charge in [-0.05, 0) is 31.4 Å². The lowest BCUT2D eigenvalue weighted by atomic mass is 10.1. The lowest BCUT2D eigenvalue weighted by molar-refractivity contribution is -0.139. The number of aryl methyl sites for hydroxylation is 1. The smallest absolute Gasteiger partial charge is 0.423 e. The molecule has 0 spiro atoms. The summed E-state index contributed by atoms with van der Waals surface area (Å²) in [5, 5.41) is 0. The number of halogens is 3. The zero-order valence-corrected chi connectivity index (χ0v) is 16.0. The lowest BCUT2D eigenvalue weighted by Gasteiger charge is -2.24. The summed E-state index contributed by atoms with van der Waals surface area (Å²) < 4.78 is 45.2. The summed E-state index contributed by atoms with van der Waals surface area (Å²) in [5.74, 6) is -0.201. The highest BCUT2D eigenvalue weighted by molar-refractivity contribution is 5.62. The highest BCUT2D eigenvalue weighted by Gasteiger charge is 2.36. The molecule has 0 aliphatic heterocycles. The Morgan fingerprint density at radius 2 is 1.81 bits per heavy atom. The molecule has 1 aromatic carbocycles. The minimum atomic E-state index is -4.56. The number of unbranched alkanes of at least 4 members (excludes halogenated alkanes) is 1. The quantitative estimate of drug-likeness (QED) is 0.516. The zero-order valence-electron chi connectivity index (χ0n) is 16.0. The molecule has 0 N–H and O–H groups in total. The predicted octanol–water partition coefficient (Wildman–Crippen LogP) is 5.78. The number of alkyl halides is 3. The molecule has 0 amide bonds. The fourth-order valence-electron chi connectivity index (χ4n) is 2.78. The van der Waals surface area contributed by atoms with Crippen LogP contribution in [-0.2, 0) is 12.6 Å². The number of para-hydroxylation sites is 1. The minimum Gasteiger partial charge on any atom is -0.477 e. The summed E-state index contributed by atoms with van der Waals surface area (Å²) in [5.41, 5.74) is 1.07. The van der Waals surface area contributed by atoms with E-state index in [-0.39, 0.29) is 12.6 Å². The number of rotatable bonds is 9. The molecule has 0 aliphatic carbocycles. The van der Waals surface area contributed by atoms with Crippen LogP contribution in [0.2, 0.25) is 0 Å². The maximum atomic E-state index is 13.3. The normalized spacial score (nSPS) is 11.5. The van der Waals surface area contributed by atoms with E-state index in [1.807, 2.05) is 43.0 Å². The van der Waals surface area contributed by atoms with E-state index in [2.05, 4.69) is 16.9 Å². The van der Waals surface area contributed by atoms with Gasteiger partial charge in [0.15, 0.2) is 0 Å². The van der Waals surface area contributed by atoms with Gasteiger partial charge in [-0.25, -0.2) is 4.98 Å². The predicted molar refractivity (Wildman–Crippen MR) is 101 cm³/mol. The van der Waals surface area contributed by atoms with Gasteiger partial charge in [-0.3, -0.25) is 0 Å². The highest BCUT2D eigenvalue weighted by atomic mass is 19.4. The number of hydrogen-bond acceptors (Lipinski definition) is 4. The molecule has 148 valence electrons. The molecule has 0 saturated carbocycles. The van der Waals surface area contributed by atoms with Gasteiger partial charge in [0.1, 0.15) is 5.56 Å². The van der Waals surface area contributed by atoms with Crippen LogP contribution in [0.25, 0.3) is 0 Å². The Hall–Kier alpha value is -2.31. The Bertz CT molecular complexity index is 735. The summed E-state index contributed by atoms with van der Waals surface area (Å²) in [6.07, 6.45) is -0.425. The molecular formula is C20H26F3N3O. The Labute approximate surface area is 158 Å². The number of anilines is 2. The first kappa shape index (κ1) is 21.0. The van der Waals surface area contributed by atoms with Crippen molar-refractivity contribution in [1.29, 1.82) is 0 Å². The van der Waals surface area contributed by atoms with Crippen molar-refractivity contribution in [2.75, 3.05) is 18.1 Å². The summed E-state index contributed by atoms with van der Waals surface area (Å²) in [4.78, 5) is 9.95. The number of ether oxygens (including phenoxy) is 1. The van der Waals surface area contributed by atoms with Crippen LogP contribution >= 0.6 is 0 Å². The molecule has 0 aliphatic rings. The first-order valence-corrected chi connectivity index (χ1v) is 9.34. The molecule has 2 aromatic rings. The van der Waals surface area contributed by atoms with Crippen LogP contribution in [0.3, 0.4) is 0 Å². The van der Waals surface area contributed by atoms with Crippen LogP contribution in [0.1, 0.15) is 51.2 Å². The van der Waals surface area contributed by atoms with Crippen molar-refractivity contribution < 1.29 is 17.9 Å². The fourth-order valence-corrected chi connectivity index (χ4v) is 2.78. The van der Waals surface area contributed by atoms with E-state index in [0.29, 0.717) is 13.0 Å². The SMILES string of the molecule is CCCCOc1nc(N(CC)c2ccccc2CCC)ncc1C(F)(F)F. The van der Waals surface area contributed by atoms with E-state index < -0.39 is 17.6 Å². The third-order valence-electron chi connectivity index (χ3n) is 4.14. The van der Waals surface area contributed by atoms with Gasteiger partial charge in [0.2, 0.25) is 11.8 Å². The van der Waals surface area contributed by atoms with E-state index in [1.165, 1.54) is 0 Å². The number of aromatic nitrogens is 2. The van der Waals surface area contributed by atoms with Crippen LogP contribution in [0.5, 0.6) is 5.88 Å². The van der Waals surface area contributed by atoms with Gasteiger partial charge in [-0.15, -0.1) is 0 Å². The first-order valence-electron chi connectivity index (χ1n) is 9.34. The fraction of sp³-hybridized carbons (Fsp3) is 0.500. The van der Waals surface area contributed by atoms with E-state index in [1.54, 1.807) is 0 Å². The second kappa shape index (κ2) is 9.58. The summed E-state index contributed by atoms with van der Waals surface area (Å²) in [6, 6.07) is 7.81. The van der Waals surface area contributed by atoms with Crippen molar-refractivity contribution in [2.45, 2.75) is 52.6 Å². The van der Waals surface area contributed by atoms with Crippen LogP contribution in [0.15, 0.2) is 30.5 Å². The van der Waals surface area contributed by atoms with Crippen LogP contribution < -0.4 is 9.64 Å². The van der Waals surface area contributed by atoms with Crippen molar-refractivity contribution in [3.63, 3.8) is 0 Å². The third kappa shape index (κ3) is 5.34. The van der Waals surface area contributed by atoms with Gasteiger partial charge in [-0.2, -0.15) is 18.2 Å². The van der Waals surface area contributed by atoms with Crippen LogP contribution in [-0.4, -0.2) is 23.1 Å². The molecule has 2 rings (SSSR count). The van der Waals surface area contributed by atoms with E-state index in [4.69, 9.17) is 4.74 Å². The molecule has 0 bridgehead atoms. The van der Waals surface area contributed by atoms with E-state index in [0.717, 1.165) is 36.7 Å². The maximum absolute atomic E-state index is 13.3. The number of benzene rings is 1. The van der Waals surface area contributed by atoms with Crippen molar-refractivity contribution in [1.82, 2.24) is 9.97 Å². The Morgan fingerprint density at radius 1 is 1.07 bits per heavy atom. The summed E-state index contributed by atoms with van der Waals surface area (Å²) >= 11 is 0. The molecule has 7 heteroatoms. The molecule has 1 heterocycles. The molecule has 4 nitrogen and oxygen atoms in total. The lowest BCUT2D eigenvalue weighted by Crippen LogP contribution is -2.22. The van der Waals surface area contributed by atoms with Gasteiger partial charge in [-0.1, -0.05) is 44.9 Å². The monoisotopic (exact) mass is 381 g/mol. The number of hydrogen-bond donors (Lipinski definition) is 0. The topological polar surface area (TPSA) is 38.2 Å². The molecule has 0 saturated heterocycles. The molecule has 27 heavy (non-hydrogen) atoms. The zero-order chi connectivity index (χ0) is 19.9. The molecule has 0 fully saturated rings. The largest absolute Gasteiger partial charge is 0.477 e. The highest BCUT2D eigenvalue weighted by Crippen LogP contribution is 2.36. The van der Waals surface area contributed by atoms with Gasteiger partial charge in [0.05, 0.1) is 6.61 Å². The van der Waals surface area contributed by atoms with Crippen molar-refractivity contribution in [3.8, 4) is 5.88 Å². The van der Waals surface area contributed by atoms with Crippen molar-refractivity contribution in [2.24, 2.45) is 0 Å². The molecule has 0 unspecified atom stereocenters. The standard InChI is InChI=1S/C20H26F3N3O/c1-4-7-13-27-18-16(20(21,22)23)14-24-19(25-18)26(6-3)17-12-9-8-11-15(17)10-5-2/h8-9,11-12,14H,4-7,10,13H2,1-3H3. The summed E-state index contributed by atoms with van der Waals surface area (Å²) in [7, 11) is 0. The van der Waals surface area contributed by atoms with E-state index >= 15 is 0 Å². The van der Waals surface area contributed by atoms with E-state index in [9.17, 15) is 13.2 Å². The maximum Gasteiger partial charge on any atom is 0.423 e. The van der Waals surface area contributed by atoms with Gasteiger partial charge in [0.25, 0.3) is 0 Å². The van der Waals surface area contributed by atoms with Crippen molar-refractivity contribution in [3.05, 3.63) is 41.6 Å². The minimum absolute atomic E-state index is 0.189. The first-order chi connectivity index (χ1) is 12.9. The third-order valence-corrected chi connectivity index (χ3v) is 4.14. The Balaban J connectivity index is 2.45. The summed E-state index contributed by atoms with van der Waals surface area (Å²) in [6.45, 7) is 6.67. The second-order valence-corrected chi connectivity index (χ2v) is 6.21. The Kier molecular flexibility index (Phi) is 7.45. The second-order valence-electron chi connectivity index (χ2n) is 6.21. The average Bonchev–Trinajstić information content (AvgIpc) is 2.63. The number of nitrogens with zero attached hydrogens (tertiary/aromatic N) is 3.